The fourth-order valence-electron chi connectivity index (χ4n) is 5.22. The van der Waals surface area contributed by atoms with Gasteiger partial charge in [-0.2, -0.15) is 0 Å². The predicted octanol–water partition coefficient (Wildman–Crippen LogP) is 4.81. The molecule has 248 valence electrons. The van der Waals surface area contributed by atoms with E-state index in [1.165, 1.54) is 11.8 Å². The van der Waals surface area contributed by atoms with Crippen LogP contribution in [-0.2, 0) is 35.6 Å². The van der Waals surface area contributed by atoms with Crippen LogP contribution in [0.5, 0.6) is 0 Å². The lowest BCUT2D eigenvalue weighted by atomic mass is 9.76. The Morgan fingerprint density at radius 3 is 1.98 bits per heavy atom. The fraction of sp³-hybridized carbons (Fsp3) is 0.500. The molecule has 0 fully saturated rings. The van der Waals surface area contributed by atoms with Gasteiger partial charge in [-0.15, -0.1) is 0 Å². The Bertz CT molecular complexity index is 1470. The van der Waals surface area contributed by atoms with Crippen LogP contribution in [0, 0.1) is 11.3 Å². The van der Waals surface area contributed by atoms with Crippen LogP contribution >= 0.6 is 11.6 Å². The number of nitrogens with one attached hydrogen (secondary N) is 3. The minimum Gasteiger partial charge on any atom is -0.342 e. The largest absolute Gasteiger partial charge is 0.342 e. The van der Waals surface area contributed by atoms with Gasteiger partial charge in [-0.25, -0.2) is 13.1 Å². The smallest absolute Gasteiger partial charge is 0.260 e. The third kappa shape index (κ3) is 10.4. The molecule has 11 heteroatoms. The molecule has 0 aliphatic heterocycles. The highest BCUT2D eigenvalue weighted by atomic mass is 35.5. The molecule has 3 N–H and O–H groups in total. The molecular formula is C34H49ClN4O5S. The first-order valence-corrected chi connectivity index (χ1v) is 17.0. The fourth-order valence-corrected chi connectivity index (χ4v) is 6.49. The van der Waals surface area contributed by atoms with E-state index in [0.29, 0.717) is 10.6 Å². The van der Waals surface area contributed by atoms with Gasteiger partial charge in [-0.05, 0) is 48.6 Å². The number of benzene rings is 2. The van der Waals surface area contributed by atoms with Gasteiger partial charge in [0.15, 0.2) is 0 Å². The third-order valence-electron chi connectivity index (χ3n) is 7.96. The number of carbonyl (C=O) groups is 3. The lowest BCUT2D eigenvalue weighted by molar-refractivity contribution is -0.140. The predicted molar refractivity (Wildman–Crippen MR) is 181 cm³/mol. The maximum atomic E-state index is 14.1. The van der Waals surface area contributed by atoms with Crippen molar-refractivity contribution in [3.05, 3.63) is 82.4 Å². The van der Waals surface area contributed by atoms with E-state index < -0.39 is 50.6 Å². The summed E-state index contributed by atoms with van der Waals surface area (Å²) >= 11 is 5.88. The summed E-state index contributed by atoms with van der Waals surface area (Å²) in [5.41, 5.74) is 0.367. The van der Waals surface area contributed by atoms with Crippen molar-refractivity contribution in [2.24, 2.45) is 11.3 Å². The molecule has 3 unspecified atom stereocenters. The highest BCUT2D eigenvalue weighted by molar-refractivity contribution is 7.89. The summed E-state index contributed by atoms with van der Waals surface area (Å²) in [6, 6.07) is 13.9. The maximum Gasteiger partial charge on any atom is 0.260 e. The monoisotopic (exact) mass is 660 g/mol. The minimum atomic E-state index is -3.99. The van der Waals surface area contributed by atoms with Gasteiger partial charge < -0.3 is 15.5 Å². The summed E-state index contributed by atoms with van der Waals surface area (Å²) in [7, 11) is -0.645. The molecule has 0 saturated heterocycles. The molecule has 0 heterocycles. The number of sulfonamides is 1. The first-order chi connectivity index (χ1) is 20.7. The van der Waals surface area contributed by atoms with E-state index in [4.69, 9.17) is 11.6 Å². The molecule has 2 aromatic carbocycles. The zero-order chi connectivity index (χ0) is 34.3. The molecule has 2 rings (SSSR count). The summed E-state index contributed by atoms with van der Waals surface area (Å²) in [5.74, 6) is -1.95. The first kappa shape index (κ1) is 38.0. The Morgan fingerprint density at radius 1 is 0.933 bits per heavy atom. The zero-order valence-electron chi connectivity index (χ0n) is 28.1. The molecule has 0 radical (unpaired) electrons. The molecule has 9 nitrogen and oxygen atoms in total. The van der Waals surface area contributed by atoms with Crippen LogP contribution in [0.1, 0.15) is 66.5 Å². The number of hydrogen-bond acceptors (Lipinski definition) is 6. The van der Waals surface area contributed by atoms with Crippen molar-refractivity contribution in [1.82, 2.24) is 20.3 Å². The molecule has 3 atom stereocenters. The van der Waals surface area contributed by atoms with E-state index in [2.05, 4.69) is 15.4 Å². The first-order valence-electron chi connectivity index (χ1n) is 15.0. The van der Waals surface area contributed by atoms with E-state index in [1.54, 1.807) is 44.4 Å². The molecule has 0 aliphatic carbocycles. The highest BCUT2D eigenvalue weighted by Crippen LogP contribution is 2.29. The lowest BCUT2D eigenvalue weighted by Crippen LogP contribution is -2.61. The van der Waals surface area contributed by atoms with Crippen molar-refractivity contribution in [3.63, 3.8) is 0 Å². The van der Waals surface area contributed by atoms with Crippen LogP contribution in [0.2, 0.25) is 5.02 Å². The van der Waals surface area contributed by atoms with E-state index in [9.17, 15) is 22.8 Å². The maximum absolute atomic E-state index is 14.1. The van der Waals surface area contributed by atoms with Gasteiger partial charge in [-0.1, -0.05) is 109 Å². The number of amides is 3. The van der Waals surface area contributed by atoms with Crippen LogP contribution in [0.25, 0.3) is 0 Å². The normalized spacial score (nSPS) is 14.8. The average Bonchev–Trinajstić information content (AvgIpc) is 2.94. The van der Waals surface area contributed by atoms with Crippen LogP contribution < -0.4 is 15.4 Å². The van der Waals surface area contributed by atoms with Gasteiger partial charge in [0, 0.05) is 23.1 Å². The highest BCUT2D eigenvalue weighted by Gasteiger charge is 2.41. The molecule has 0 spiro atoms. The van der Waals surface area contributed by atoms with Crippen molar-refractivity contribution in [2.45, 2.75) is 84.7 Å². The van der Waals surface area contributed by atoms with Crippen molar-refractivity contribution in [3.8, 4) is 0 Å². The molecule has 0 aliphatic rings. The Hall–Kier alpha value is -3.21. The second-order valence-corrected chi connectivity index (χ2v) is 15.6. The van der Waals surface area contributed by atoms with Gasteiger partial charge >= 0.3 is 0 Å². The van der Waals surface area contributed by atoms with Crippen molar-refractivity contribution >= 4 is 39.3 Å². The second kappa shape index (κ2) is 15.4. The van der Waals surface area contributed by atoms with Gasteiger partial charge in [0.05, 0.1) is 17.8 Å². The summed E-state index contributed by atoms with van der Waals surface area (Å²) in [4.78, 5) is 42.3. The van der Waals surface area contributed by atoms with E-state index in [-0.39, 0.29) is 23.3 Å². The number of rotatable bonds is 13. The number of nitrogens with zero attached hydrogens (tertiary/aromatic N) is 1. The Morgan fingerprint density at radius 2 is 1.49 bits per heavy atom. The topological polar surface area (TPSA) is 125 Å². The van der Waals surface area contributed by atoms with E-state index >= 15 is 0 Å². The Labute approximate surface area is 274 Å². The summed E-state index contributed by atoms with van der Waals surface area (Å²) in [6.45, 7) is 14.9. The molecule has 2 aromatic rings. The van der Waals surface area contributed by atoms with Crippen LogP contribution in [-0.4, -0.2) is 63.3 Å². The number of likely N-dealkylation sites (N-methyl/N-ethyl adjacent to an activating group) is 2. The van der Waals surface area contributed by atoms with Crippen molar-refractivity contribution < 1.29 is 22.8 Å². The summed E-state index contributed by atoms with van der Waals surface area (Å²) in [5, 5.41) is 6.62. The number of hydrogen-bond donors (Lipinski definition) is 3. The minimum absolute atomic E-state index is 0.134. The van der Waals surface area contributed by atoms with Crippen LogP contribution in [0.15, 0.2) is 66.2 Å². The molecule has 0 bridgehead atoms. The second-order valence-electron chi connectivity index (χ2n) is 13.5. The number of carbonyl (C=O) groups excluding carboxylic acids is 3. The van der Waals surface area contributed by atoms with E-state index in [0.717, 1.165) is 5.56 Å². The number of halogens is 1. The molecule has 3 amide bonds. The lowest BCUT2D eigenvalue weighted by Gasteiger charge is -2.40. The average molecular weight is 661 g/mol. The van der Waals surface area contributed by atoms with Gasteiger partial charge in [-0.3, -0.25) is 14.4 Å². The van der Waals surface area contributed by atoms with Gasteiger partial charge in [0.25, 0.3) is 5.91 Å². The summed E-state index contributed by atoms with van der Waals surface area (Å²) in [6.07, 6.45) is 1.59. The quantitative estimate of drug-likeness (QED) is 0.265. The standard InChI is InChI=1S/C34H49ClN4O5S/c1-22(2)27(20-23(3)30(40)38-45(43,44)21-24-16-18-26(35)19-17-24)39(10)32(42)29(33(4,5)6)37-31(41)28(36-9)34(7,8)25-14-12-11-13-15-25/h11-20,22,27-29,36H,21H2,1-10H3,(H,37,41)(H,38,40)/b23-20+. The molecular weight excluding hydrogens is 612 g/mol. The van der Waals surface area contributed by atoms with Crippen LogP contribution in [0.3, 0.4) is 0 Å². The Balaban J connectivity index is 2.29. The SMILES string of the molecule is CNC(C(=O)NC(C(=O)N(C)C(/C=C(\C)C(=O)NS(=O)(=O)Cc1ccc(Cl)cc1)C(C)C)C(C)(C)C)C(C)(C)c1ccccc1. The van der Waals surface area contributed by atoms with Crippen molar-refractivity contribution in [1.29, 1.82) is 0 Å². The summed E-state index contributed by atoms with van der Waals surface area (Å²) < 4.78 is 27.5. The third-order valence-corrected chi connectivity index (χ3v) is 9.43. The van der Waals surface area contributed by atoms with Gasteiger partial charge in [0.1, 0.15) is 6.04 Å². The van der Waals surface area contributed by atoms with Gasteiger partial charge in [0.2, 0.25) is 21.8 Å². The molecule has 0 aromatic heterocycles. The van der Waals surface area contributed by atoms with E-state index in [1.807, 2.05) is 78.8 Å². The van der Waals surface area contributed by atoms with Crippen molar-refractivity contribution in [2.75, 3.05) is 14.1 Å². The Kier molecular flexibility index (Phi) is 13.0. The zero-order valence-corrected chi connectivity index (χ0v) is 29.6. The molecule has 45 heavy (non-hydrogen) atoms. The van der Waals surface area contributed by atoms with Crippen LogP contribution in [0.4, 0.5) is 0 Å². The molecule has 0 saturated carbocycles.